The van der Waals surface area contributed by atoms with E-state index >= 15 is 0 Å². The second kappa shape index (κ2) is 10.4. The molecule has 1 N–H and O–H groups in total. The van der Waals surface area contributed by atoms with Gasteiger partial charge in [0.2, 0.25) is 18.3 Å². The number of rotatable bonds is 6. The molecule has 0 aromatic heterocycles. The Bertz CT molecular complexity index is 1230. The first kappa shape index (κ1) is 26.5. The molecule has 2 aromatic rings. The minimum absolute atomic E-state index is 0.0232. The average Bonchev–Trinajstić information content (AvgIpc) is 3.39. The molecule has 0 fully saturated rings. The first-order valence-electron chi connectivity index (χ1n) is 12.1. The number of allylic oxidation sites excluding steroid dienone is 1. The molecule has 1 aliphatic carbocycles. The Hall–Kier alpha value is -3.59. The van der Waals surface area contributed by atoms with Crippen LogP contribution in [0.5, 0.6) is 34.5 Å². The minimum Gasteiger partial charge on any atom is -0.493 e. The number of aliphatic hydroxyl groups is 1. The van der Waals surface area contributed by atoms with Gasteiger partial charge in [-0.25, -0.2) is 4.79 Å². The summed E-state index contributed by atoms with van der Waals surface area (Å²) in [7, 11) is 6.08. The fraction of sp³-hybridized carbons (Fsp3) is 0.464. The van der Waals surface area contributed by atoms with Crippen LogP contribution in [0.15, 0.2) is 23.8 Å². The maximum atomic E-state index is 13.0. The molecule has 1 aliphatic heterocycles. The topological polar surface area (TPSA) is 102 Å². The van der Waals surface area contributed by atoms with Crippen molar-refractivity contribution in [2.45, 2.75) is 39.9 Å². The van der Waals surface area contributed by atoms with E-state index in [2.05, 4.69) is 0 Å². The summed E-state index contributed by atoms with van der Waals surface area (Å²) in [5.41, 5.74) is 2.74. The summed E-state index contributed by atoms with van der Waals surface area (Å²) in [5, 5.41) is 11.7. The van der Waals surface area contributed by atoms with Crippen molar-refractivity contribution in [2.75, 3.05) is 35.2 Å². The van der Waals surface area contributed by atoms with Crippen molar-refractivity contribution in [3.63, 3.8) is 0 Å². The fourth-order valence-corrected chi connectivity index (χ4v) is 5.00. The number of ether oxygens (including phenoxy) is 7. The van der Waals surface area contributed by atoms with Crippen LogP contribution in [0.25, 0.3) is 11.1 Å². The number of carbonyl (C=O) groups excluding carboxylic acids is 1. The van der Waals surface area contributed by atoms with Crippen LogP contribution in [0.4, 0.5) is 0 Å². The number of benzene rings is 2. The summed E-state index contributed by atoms with van der Waals surface area (Å²) in [6, 6.07) is 3.55. The maximum absolute atomic E-state index is 13.0. The summed E-state index contributed by atoms with van der Waals surface area (Å²) in [4.78, 5) is 13.0. The second-order valence-electron chi connectivity index (χ2n) is 9.18. The average molecular weight is 515 g/mol. The highest BCUT2D eigenvalue weighted by molar-refractivity contribution is 5.90. The zero-order valence-corrected chi connectivity index (χ0v) is 22.5. The molecule has 9 nitrogen and oxygen atoms in total. The Kier molecular flexibility index (Phi) is 7.45. The smallest absolute Gasteiger partial charge is 0.333 e. The minimum atomic E-state index is -0.955. The van der Waals surface area contributed by atoms with Gasteiger partial charge < -0.3 is 38.3 Å². The predicted octanol–water partition coefficient (Wildman–Crippen LogP) is 4.99. The van der Waals surface area contributed by atoms with Crippen LogP contribution in [0, 0.1) is 11.8 Å². The lowest BCUT2D eigenvalue weighted by molar-refractivity contribution is -0.149. The van der Waals surface area contributed by atoms with Gasteiger partial charge in [-0.3, -0.25) is 0 Å². The van der Waals surface area contributed by atoms with Crippen molar-refractivity contribution in [1.29, 1.82) is 0 Å². The zero-order valence-electron chi connectivity index (χ0n) is 22.5. The van der Waals surface area contributed by atoms with Crippen LogP contribution in [0.1, 0.15) is 51.0 Å². The first-order chi connectivity index (χ1) is 17.7. The second-order valence-corrected chi connectivity index (χ2v) is 9.18. The van der Waals surface area contributed by atoms with Gasteiger partial charge in [0.1, 0.15) is 6.10 Å². The molecule has 2 aromatic carbocycles. The number of hydrogen-bond acceptors (Lipinski definition) is 9. The number of carbonyl (C=O) groups is 1. The number of hydrogen-bond donors (Lipinski definition) is 1. The van der Waals surface area contributed by atoms with Crippen molar-refractivity contribution in [3.05, 3.63) is 34.9 Å². The van der Waals surface area contributed by atoms with Crippen LogP contribution in [-0.4, -0.2) is 46.3 Å². The molecular formula is C28H34O9. The van der Waals surface area contributed by atoms with Gasteiger partial charge in [0, 0.05) is 28.2 Å². The van der Waals surface area contributed by atoms with Gasteiger partial charge in [0.25, 0.3) is 0 Å². The monoisotopic (exact) mass is 514 g/mol. The highest BCUT2D eigenvalue weighted by Crippen LogP contribution is 2.60. The van der Waals surface area contributed by atoms with Crippen molar-refractivity contribution >= 4 is 5.97 Å². The van der Waals surface area contributed by atoms with Crippen molar-refractivity contribution in [1.82, 2.24) is 0 Å². The van der Waals surface area contributed by atoms with Gasteiger partial charge in [-0.15, -0.1) is 0 Å². The van der Waals surface area contributed by atoms with E-state index in [1.807, 2.05) is 13.8 Å². The molecule has 0 amide bonds. The van der Waals surface area contributed by atoms with E-state index in [1.54, 1.807) is 32.1 Å². The molecule has 0 saturated carbocycles. The molecule has 37 heavy (non-hydrogen) atoms. The molecular weight excluding hydrogens is 480 g/mol. The first-order valence-corrected chi connectivity index (χ1v) is 12.1. The largest absolute Gasteiger partial charge is 0.493 e. The van der Waals surface area contributed by atoms with E-state index < -0.39 is 18.2 Å². The third kappa shape index (κ3) is 4.21. The van der Waals surface area contributed by atoms with E-state index in [4.69, 9.17) is 33.2 Å². The molecule has 1 heterocycles. The van der Waals surface area contributed by atoms with E-state index in [9.17, 15) is 9.90 Å². The Morgan fingerprint density at radius 2 is 1.57 bits per heavy atom. The number of esters is 1. The van der Waals surface area contributed by atoms with Crippen LogP contribution in [0.2, 0.25) is 0 Å². The van der Waals surface area contributed by atoms with Crippen molar-refractivity contribution in [3.8, 4) is 45.6 Å². The standard InChI is InChI=1S/C28H34O9/c1-9-13(2)28(30)37-23-15(4)14(3)22(29)16-10-19-25(36-12-35-19)27(34-8)20(16)21-17(23)11-18(31-5)24(32-6)26(21)33-7/h9-11,14-15,22-23,29H,12H2,1-8H3/t14-,15+,22-,23-/m1/s1. The van der Waals surface area contributed by atoms with Gasteiger partial charge in [-0.05, 0) is 37.5 Å². The molecule has 0 radical (unpaired) electrons. The molecule has 0 saturated heterocycles. The van der Waals surface area contributed by atoms with Crippen LogP contribution in [-0.2, 0) is 9.53 Å². The molecule has 4 atom stereocenters. The Labute approximate surface area is 216 Å². The summed E-state index contributed by atoms with van der Waals surface area (Å²) in [6.07, 6.45) is -0.0223. The van der Waals surface area contributed by atoms with E-state index in [1.165, 1.54) is 28.4 Å². The maximum Gasteiger partial charge on any atom is 0.333 e. The Balaban J connectivity index is 2.17. The molecule has 9 heteroatoms. The fourth-order valence-electron chi connectivity index (χ4n) is 5.00. The molecule has 4 rings (SSSR count). The van der Waals surface area contributed by atoms with E-state index in [0.717, 1.165) is 0 Å². The number of fused-ring (bicyclic) bond motifs is 4. The van der Waals surface area contributed by atoms with Gasteiger partial charge in [-0.2, -0.15) is 0 Å². The van der Waals surface area contributed by atoms with Gasteiger partial charge in [0.05, 0.1) is 34.5 Å². The Morgan fingerprint density at radius 3 is 2.16 bits per heavy atom. The molecule has 0 unspecified atom stereocenters. The number of aliphatic hydroxyl groups excluding tert-OH is 1. The SMILES string of the molecule is CC=C(C)C(=O)O[C@H]1c2cc(OC)c(OC)c(OC)c2-c2c(cc3c(c2OC)OCO3)[C@H](O)[C@H](C)[C@@H]1C. The lowest BCUT2D eigenvalue weighted by Gasteiger charge is -2.37. The zero-order chi connectivity index (χ0) is 27.0. The lowest BCUT2D eigenvalue weighted by Crippen LogP contribution is -2.29. The van der Waals surface area contributed by atoms with Gasteiger partial charge in [0.15, 0.2) is 23.0 Å². The van der Waals surface area contributed by atoms with Crippen LogP contribution < -0.4 is 28.4 Å². The summed E-state index contributed by atoms with van der Waals surface area (Å²) in [6.45, 7) is 7.36. The van der Waals surface area contributed by atoms with Crippen LogP contribution >= 0.6 is 0 Å². The van der Waals surface area contributed by atoms with Crippen molar-refractivity contribution in [2.24, 2.45) is 11.8 Å². The Morgan fingerprint density at radius 1 is 0.919 bits per heavy atom. The highest BCUT2D eigenvalue weighted by Gasteiger charge is 2.42. The molecule has 2 aliphatic rings. The van der Waals surface area contributed by atoms with E-state index in [-0.39, 0.29) is 18.6 Å². The van der Waals surface area contributed by atoms with Gasteiger partial charge >= 0.3 is 5.97 Å². The quantitative estimate of drug-likeness (QED) is 0.422. The number of methoxy groups -OCH3 is 4. The molecule has 200 valence electrons. The summed E-state index contributed by atoms with van der Waals surface area (Å²) >= 11 is 0. The normalized spacial score (nSPS) is 22.2. The molecule has 0 bridgehead atoms. The van der Waals surface area contributed by atoms with Gasteiger partial charge in [-0.1, -0.05) is 19.9 Å². The van der Waals surface area contributed by atoms with E-state index in [0.29, 0.717) is 62.3 Å². The third-order valence-electron chi connectivity index (χ3n) is 7.38. The summed E-state index contributed by atoms with van der Waals surface area (Å²) < 4.78 is 40.7. The molecule has 0 spiro atoms. The highest BCUT2D eigenvalue weighted by atomic mass is 16.7. The van der Waals surface area contributed by atoms with Crippen LogP contribution in [0.3, 0.4) is 0 Å². The lowest BCUT2D eigenvalue weighted by atomic mass is 9.74. The third-order valence-corrected chi connectivity index (χ3v) is 7.38. The summed E-state index contributed by atoms with van der Waals surface area (Å²) in [5.74, 6) is 1.25. The van der Waals surface area contributed by atoms with Crippen molar-refractivity contribution < 1.29 is 43.1 Å². The predicted molar refractivity (Wildman–Crippen MR) is 136 cm³/mol.